The molecule has 0 bridgehead atoms. The van der Waals surface area contributed by atoms with Gasteiger partial charge in [0.2, 0.25) is 0 Å². The summed E-state index contributed by atoms with van der Waals surface area (Å²) in [5.41, 5.74) is 1.45. The summed E-state index contributed by atoms with van der Waals surface area (Å²) in [6, 6.07) is 19.6. The standard InChI is InChI=1S/C17H12S2/c1-3-7-16-12(5-1)9-14(19-16)10-13-11-18-17-8-4-2-6-15(13)17/h1-9,11H,10H2. The Morgan fingerprint density at radius 3 is 2.53 bits per heavy atom. The lowest BCUT2D eigenvalue weighted by molar-refractivity contribution is 1.29. The molecule has 0 unspecified atom stereocenters. The zero-order chi connectivity index (χ0) is 12.7. The Bertz CT molecular complexity index is 819. The molecule has 2 aromatic heterocycles. The van der Waals surface area contributed by atoms with Crippen LogP contribution in [0.5, 0.6) is 0 Å². The maximum atomic E-state index is 2.33. The molecule has 4 aromatic rings. The van der Waals surface area contributed by atoms with Crippen LogP contribution in [0.3, 0.4) is 0 Å². The molecule has 0 saturated heterocycles. The van der Waals surface area contributed by atoms with Gasteiger partial charge in [0.05, 0.1) is 0 Å². The van der Waals surface area contributed by atoms with Crippen LogP contribution in [-0.4, -0.2) is 0 Å². The van der Waals surface area contributed by atoms with Gasteiger partial charge < -0.3 is 0 Å². The fraction of sp³-hybridized carbons (Fsp3) is 0.0588. The lowest BCUT2D eigenvalue weighted by atomic mass is 10.1. The maximum Gasteiger partial charge on any atom is 0.0345 e. The summed E-state index contributed by atoms with van der Waals surface area (Å²) in [4.78, 5) is 1.45. The molecular weight excluding hydrogens is 268 g/mol. The van der Waals surface area contributed by atoms with Gasteiger partial charge in [0.25, 0.3) is 0 Å². The van der Waals surface area contributed by atoms with E-state index >= 15 is 0 Å². The van der Waals surface area contributed by atoms with Crippen LogP contribution in [0.15, 0.2) is 60.0 Å². The fourth-order valence-corrected chi connectivity index (χ4v) is 4.53. The van der Waals surface area contributed by atoms with Crippen molar-refractivity contribution in [2.24, 2.45) is 0 Å². The van der Waals surface area contributed by atoms with E-state index in [1.165, 1.54) is 30.6 Å². The Morgan fingerprint density at radius 2 is 1.63 bits per heavy atom. The summed E-state index contributed by atoms with van der Waals surface area (Å²) < 4.78 is 2.77. The maximum absolute atomic E-state index is 2.33. The van der Waals surface area contributed by atoms with Gasteiger partial charge in [-0.2, -0.15) is 0 Å². The molecule has 0 saturated carbocycles. The van der Waals surface area contributed by atoms with Crippen LogP contribution in [0.25, 0.3) is 20.2 Å². The molecule has 0 spiro atoms. The van der Waals surface area contributed by atoms with Crippen molar-refractivity contribution in [3.05, 3.63) is 70.4 Å². The molecule has 2 heteroatoms. The molecule has 2 heterocycles. The quantitative estimate of drug-likeness (QED) is 0.441. The summed E-state index contributed by atoms with van der Waals surface area (Å²) in [5, 5.41) is 5.07. The van der Waals surface area contributed by atoms with E-state index in [2.05, 4.69) is 60.0 Å². The van der Waals surface area contributed by atoms with Gasteiger partial charge in [-0.25, -0.2) is 0 Å². The first-order valence-corrected chi connectivity index (χ1v) is 8.02. The third-order valence-electron chi connectivity index (χ3n) is 3.40. The number of hydrogen-bond donors (Lipinski definition) is 0. The van der Waals surface area contributed by atoms with Crippen molar-refractivity contribution in [1.82, 2.24) is 0 Å². The minimum Gasteiger partial charge on any atom is -0.144 e. The summed E-state index contributed by atoms with van der Waals surface area (Å²) >= 11 is 3.75. The number of hydrogen-bond acceptors (Lipinski definition) is 2. The van der Waals surface area contributed by atoms with Gasteiger partial charge in [-0.15, -0.1) is 22.7 Å². The number of thiophene rings is 2. The van der Waals surface area contributed by atoms with Gasteiger partial charge in [0, 0.05) is 20.7 Å². The molecule has 0 radical (unpaired) electrons. The van der Waals surface area contributed by atoms with Gasteiger partial charge in [0.15, 0.2) is 0 Å². The molecule has 0 atom stereocenters. The highest BCUT2D eigenvalue weighted by atomic mass is 32.1. The van der Waals surface area contributed by atoms with E-state index in [9.17, 15) is 0 Å². The number of rotatable bonds is 2. The summed E-state index contributed by atoms with van der Waals surface area (Å²) in [5.74, 6) is 0. The van der Waals surface area contributed by atoms with Crippen molar-refractivity contribution < 1.29 is 0 Å². The topological polar surface area (TPSA) is 0 Å². The first-order chi connectivity index (χ1) is 9.40. The van der Waals surface area contributed by atoms with Crippen molar-refractivity contribution in [2.75, 3.05) is 0 Å². The van der Waals surface area contributed by atoms with Crippen molar-refractivity contribution >= 4 is 42.8 Å². The first-order valence-electron chi connectivity index (χ1n) is 6.33. The van der Waals surface area contributed by atoms with Crippen LogP contribution < -0.4 is 0 Å². The van der Waals surface area contributed by atoms with Crippen LogP contribution >= 0.6 is 22.7 Å². The van der Waals surface area contributed by atoms with Gasteiger partial charge in [-0.3, -0.25) is 0 Å². The Hall–Kier alpha value is -1.64. The number of fused-ring (bicyclic) bond motifs is 2. The second-order valence-electron chi connectivity index (χ2n) is 4.68. The fourth-order valence-electron chi connectivity index (χ4n) is 2.48. The van der Waals surface area contributed by atoms with E-state index in [0.29, 0.717) is 0 Å². The summed E-state index contributed by atoms with van der Waals surface area (Å²) in [6.07, 6.45) is 1.04. The lowest BCUT2D eigenvalue weighted by Crippen LogP contribution is -1.81. The van der Waals surface area contributed by atoms with Crippen molar-refractivity contribution in [3.63, 3.8) is 0 Å². The molecule has 0 amide bonds. The van der Waals surface area contributed by atoms with E-state index in [0.717, 1.165) is 6.42 Å². The Kier molecular flexibility index (Phi) is 2.64. The number of benzene rings is 2. The van der Waals surface area contributed by atoms with E-state index in [1.807, 2.05) is 22.7 Å². The van der Waals surface area contributed by atoms with Gasteiger partial charge >= 0.3 is 0 Å². The summed E-state index contributed by atoms with van der Waals surface area (Å²) in [7, 11) is 0. The molecule has 2 aromatic carbocycles. The molecule has 19 heavy (non-hydrogen) atoms. The average molecular weight is 280 g/mol. The van der Waals surface area contributed by atoms with Gasteiger partial charge in [-0.1, -0.05) is 36.4 Å². The zero-order valence-electron chi connectivity index (χ0n) is 10.3. The van der Waals surface area contributed by atoms with Gasteiger partial charge in [0.1, 0.15) is 0 Å². The Morgan fingerprint density at radius 1 is 0.842 bits per heavy atom. The molecule has 4 rings (SSSR count). The third-order valence-corrected chi connectivity index (χ3v) is 5.53. The molecule has 0 aliphatic carbocycles. The second kappa shape index (κ2) is 4.48. The minimum atomic E-state index is 1.04. The largest absolute Gasteiger partial charge is 0.144 e. The zero-order valence-corrected chi connectivity index (χ0v) is 11.9. The second-order valence-corrected chi connectivity index (χ2v) is 6.76. The SMILES string of the molecule is c1ccc2sc(Cc3csc4ccccc34)cc2c1. The Labute approximate surface area is 119 Å². The first kappa shape index (κ1) is 11.2. The highest BCUT2D eigenvalue weighted by molar-refractivity contribution is 7.19. The monoisotopic (exact) mass is 280 g/mol. The highest BCUT2D eigenvalue weighted by Crippen LogP contribution is 2.31. The van der Waals surface area contributed by atoms with Gasteiger partial charge in [-0.05, 0) is 39.9 Å². The smallest absolute Gasteiger partial charge is 0.0345 e. The predicted molar refractivity (Wildman–Crippen MR) is 86.5 cm³/mol. The van der Waals surface area contributed by atoms with E-state index in [1.54, 1.807) is 0 Å². The van der Waals surface area contributed by atoms with Crippen LogP contribution in [0.2, 0.25) is 0 Å². The van der Waals surface area contributed by atoms with E-state index in [-0.39, 0.29) is 0 Å². The lowest BCUT2D eigenvalue weighted by Gasteiger charge is -1.96. The molecular formula is C17H12S2. The molecule has 0 nitrogen and oxygen atoms in total. The van der Waals surface area contributed by atoms with E-state index in [4.69, 9.17) is 0 Å². The van der Waals surface area contributed by atoms with E-state index < -0.39 is 0 Å². The normalized spacial score (nSPS) is 11.4. The van der Waals surface area contributed by atoms with Crippen LogP contribution in [-0.2, 0) is 6.42 Å². The molecule has 92 valence electrons. The average Bonchev–Trinajstić information content (AvgIpc) is 3.03. The van der Waals surface area contributed by atoms with Crippen LogP contribution in [0.1, 0.15) is 10.4 Å². The van der Waals surface area contributed by atoms with Crippen LogP contribution in [0.4, 0.5) is 0 Å². The third kappa shape index (κ3) is 1.97. The highest BCUT2D eigenvalue weighted by Gasteiger charge is 2.07. The summed E-state index contributed by atoms with van der Waals surface area (Å²) in [6.45, 7) is 0. The molecule has 0 fully saturated rings. The predicted octanol–water partition coefficient (Wildman–Crippen LogP) is 5.71. The molecule has 0 N–H and O–H groups in total. The van der Waals surface area contributed by atoms with Crippen LogP contribution in [0, 0.1) is 0 Å². The van der Waals surface area contributed by atoms with Crippen molar-refractivity contribution in [2.45, 2.75) is 6.42 Å². The van der Waals surface area contributed by atoms with Crippen molar-refractivity contribution in [3.8, 4) is 0 Å². The molecule has 0 aliphatic heterocycles. The molecule has 0 aliphatic rings. The van der Waals surface area contributed by atoms with Crippen molar-refractivity contribution in [1.29, 1.82) is 0 Å². The Balaban J connectivity index is 1.78. The minimum absolute atomic E-state index is 1.04.